The van der Waals surface area contributed by atoms with Crippen LogP contribution in [0.4, 0.5) is 0 Å². The van der Waals surface area contributed by atoms with Crippen LogP contribution in [0.15, 0.2) is 4.52 Å². The standard InChI is InChI=1S/C15H23N3O3/c1-17-7-4-3-5-13(15(17)19)18(2)9-12-11-10-20-8-6-14(11)21-16-12/h13H,3-10H2,1-2H3. The van der Waals surface area contributed by atoms with Gasteiger partial charge in [-0.05, 0) is 26.3 Å². The first-order valence-corrected chi connectivity index (χ1v) is 7.66. The van der Waals surface area contributed by atoms with Crippen molar-refractivity contribution in [1.29, 1.82) is 0 Å². The number of rotatable bonds is 3. The van der Waals surface area contributed by atoms with Gasteiger partial charge in [0.15, 0.2) is 0 Å². The van der Waals surface area contributed by atoms with E-state index in [-0.39, 0.29) is 11.9 Å². The fourth-order valence-electron chi connectivity index (χ4n) is 3.14. The summed E-state index contributed by atoms with van der Waals surface area (Å²) in [4.78, 5) is 16.4. The van der Waals surface area contributed by atoms with Crippen molar-refractivity contribution in [3.63, 3.8) is 0 Å². The minimum atomic E-state index is -0.0608. The number of likely N-dealkylation sites (tertiary alicyclic amines) is 1. The average Bonchev–Trinajstić information content (AvgIpc) is 2.81. The van der Waals surface area contributed by atoms with Crippen LogP contribution < -0.4 is 0 Å². The lowest BCUT2D eigenvalue weighted by molar-refractivity contribution is -0.134. The van der Waals surface area contributed by atoms with Gasteiger partial charge in [-0.25, -0.2) is 0 Å². The van der Waals surface area contributed by atoms with Crippen LogP contribution in [0, 0.1) is 0 Å². The molecule has 0 spiro atoms. The van der Waals surface area contributed by atoms with Crippen molar-refractivity contribution in [1.82, 2.24) is 15.0 Å². The molecule has 0 aliphatic carbocycles. The van der Waals surface area contributed by atoms with Crippen LogP contribution in [-0.4, -0.2) is 54.2 Å². The molecular formula is C15H23N3O3. The summed E-state index contributed by atoms with van der Waals surface area (Å²) in [7, 11) is 3.88. The zero-order valence-electron chi connectivity index (χ0n) is 12.8. The molecule has 1 atom stereocenters. The molecule has 0 saturated carbocycles. The molecule has 1 aromatic heterocycles. The van der Waals surface area contributed by atoms with Crippen LogP contribution >= 0.6 is 0 Å². The first-order chi connectivity index (χ1) is 10.2. The van der Waals surface area contributed by atoms with Crippen LogP contribution in [-0.2, 0) is 29.1 Å². The summed E-state index contributed by atoms with van der Waals surface area (Å²) >= 11 is 0. The van der Waals surface area contributed by atoms with Gasteiger partial charge in [0, 0.05) is 32.1 Å². The van der Waals surface area contributed by atoms with E-state index >= 15 is 0 Å². The van der Waals surface area contributed by atoms with Gasteiger partial charge in [0.25, 0.3) is 0 Å². The molecule has 6 heteroatoms. The predicted octanol–water partition coefficient (Wildman–Crippen LogP) is 1.19. The SMILES string of the molecule is CN1CCCCC(N(C)Cc2noc3c2COCC3)C1=O. The van der Waals surface area contributed by atoms with Gasteiger partial charge < -0.3 is 14.2 Å². The molecular weight excluding hydrogens is 270 g/mol. The summed E-state index contributed by atoms with van der Waals surface area (Å²) in [5, 5.41) is 4.18. The van der Waals surface area contributed by atoms with Gasteiger partial charge in [0.1, 0.15) is 11.5 Å². The zero-order chi connectivity index (χ0) is 14.8. The predicted molar refractivity (Wildman–Crippen MR) is 76.6 cm³/mol. The number of carbonyl (C=O) groups excluding carboxylic acids is 1. The smallest absolute Gasteiger partial charge is 0.239 e. The highest BCUT2D eigenvalue weighted by atomic mass is 16.5. The number of fused-ring (bicyclic) bond motifs is 1. The fraction of sp³-hybridized carbons (Fsp3) is 0.733. The quantitative estimate of drug-likeness (QED) is 0.838. The molecule has 3 heterocycles. The lowest BCUT2D eigenvalue weighted by Crippen LogP contribution is -2.44. The Morgan fingerprint density at radius 1 is 1.43 bits per heavy atom. The molecule has 0 radical (unpaired) electrons. The van der Waals surface area contributed by atoms with E-state index in [0.717, 1.165) is 49.2 Å². The van der Waals surface area contributed by atoms with E-state index in [1.165, 1.54) is 0 Å². The molecule has 21 heavy (non-hydrogen) atoms. The maximum atomic E-state index is 12.4. The summed E-state index contributed by atoms with van der Waals surface area (Å²) in [5.74, 6) is 1.15. The number of aromatic nitrogens is 1. The van der Waals surface area contributed by atoms with Crippen molar-refractivity contribution in [2.45, 2.75) is 44.9 Å². The Kier molecular flexibility index (Phi) is 4.26. The molecule has 1 fully saturated rings. The molecule has 1 unspecified atom stereocenters. The van der Waals surface area contributed by atoms with Gasteiger partial charge in [0.2, 0.25) is 5.91 Å². The van der Waals surface area contributed by atoms with Crippen molar-refractivity contribution in [3.05, 3.63) is 17.0 Å². The summed E-state index contributed by atoms with van der Waals surface area (Å²) in [6, 6.07) is -0.0608. The van der Waals surface area contributed by atoms with Gasteiger partial charge in [-0.2, -0.15) is 0 Å². The Bertz CT molecular complexity index is 514. The van der Waals surface area contributed by atoms with E-state index < -0.39 is 0 Å². The first kappa shape index (κ1) is 14.5. The van der Waals surface area contributed by atoms with Crippen LogP contribution in [0.5, 0.6) is 0 Å². The van der Waals surface area contributed by atoms with E-state index in [4.69, 9.17) is 9.26 Å². The number of nitrogens with zero attached hydrogens (tertiary/aromatic N) is 3. The molecule has 0 bridgehead atoms. The third kappa shape index (κ3) is 2.96. The Labute approximate surface area is 125 Å². The number of carbonyl (C=O) groups is 1. The number of likely N-dealkylation sites (N-methyl/N-ethyl adjacent to an activating group) is 2. The van der Waals surface area contributed by atoms with Crippen molar-refractivity contribution in [2.24, 2.45) is 0 Å². The third-order valence-electron chi connectivity index (χ3n) is 4.48. The topological polar surface area (TPSA) is 58.8 Å². The third-order valence-corrected chi connectivity index (χ3v) is 4.48. The summed E-state index contributed by atoms with van der Waals surface area (Å²) < 4.78 is 10.9. The molecule has 2 aliphatic rings. The van der Waals surface area contributed by atoms with Crippen LogP contribution in [0.2, 0.25) is 0 Å². The minimum Gasteiger partial charge on any atom is -0.376 e. The van der Waals surface area contributed by atoms with Crippen LogP contribution in [0.3, 0.4) is 0 Å². The van der Waals surface area contributed by atoms with Crippen molar-refractivity contribution in [2.75, 3.05) is 27.2 Å². The van der Waals surface area contributed by atoms with Gasteiger partial charge >= 0.3 is 0 Å². The van der Waals surface area contributed by atoms with Gasteiger partial charge in [0.05, 0.1) is 19.3 Å². The van der Waals surface area contributed by atoms with E-state index in [1.807, 2.05) is 19.0 Å². The summed E-state index contributed by atoms with van der Waals surface area (Å²) in [6.07, 6.45) is 3.87. The lowest BCUT2D eigenvalue weighted by atomic mass is 10.1. The van der Waals surface area contributed by atoms with Crippen LogP contribution in [0.25, 0.3) is 0 Å². The minimum absolute atomic E-state index is 0.0608. The van der Waals surface area contributed by atoms with Crippen LogP contribution in [0.1, 0.15) is 36.3 Å². The molecule has 6 nitrogen and oxygen atoms in total. The van der Waals surface area contributed by atoms with Crippen molar-refractivity contribution in [3.8, 4) is 0 Å². The van der Waals surface area contributed by atoms with Gasteiger partial charge in [-0.15, -0.1) is 0 Å². The molecule has 3 rings (SSSR count). The maximum absolute atomic E-state index is 12.4. The first-order valence-electron chi connectivity index (χ1n) is 7.66. The Morgan fingerprint density at radius 3 is 3.14 bits per heavy atom. The Balaban J connectivity index is 1.72. The highest BCUT2D eigenvalue weighted by Gasteiger charge is 2.30. The number of hydrogen-bond donors (Lipinski definition) is 0. The number of amides is 1. The monoisotopic (exact) mass is 293 g/mol. The fourth-order valence-corrected chi connectivity index (χ4v) is 3.14. The van der Waals surface area contributed by atoms with E-state index in [9.17, 15) is 4.79 Å². The normalized spacial score (nSPS) is 23.3. The Morgan fingerprint density at radius 2 is 2.29 bits per heavy atom. The summed E-state index contributed by atoms with van der Waals surface area (Å²) in [5.41, 5.74) is 1.98. The molecule has 2 aliphatic heterocycles. The zero-order valence-corrected chi connectivity index (χ0v) is 12.8. The van der Waals surface area contributed by atoms with E-state index in [1.54, 1.807) is 0 Å². The second-order valence-corrected chi connectivity index (χ2v) is 6.02. The van der Waals surface area contributed by atoms with E-state index in [0.29, 0.717) is 19.8 Å². The van der Waals surface area contributed by atoms with Gasteiger partial charge in [-0.3, -0.25) is 9.69 Å². The maximum Gasteiger partial charge on any atom is 0.239 e. The van der Waals surface area contributed by atoms with Crippen molar-refractivity contribution < 1.29 is 14.1 Å². The summed E-state index contributed by atoms with van der Waals surface area (Å²) in [6.45, 7) is 2.76. The molecule has 1 aromatic rings. The lowest BCUT2D eigenvalue weighted by Gasteiger charge is -2.28. The largest absolute Gasteiger partial charge is 0.376 e. The molecule has 1 saturated heterocycles. The molecule has 0 aromatic carbocycles. The highest BCUT2D eigenvalue weighted by Crippen LogP contribution is 2.23. The highest BCUT2D eigenvalue weighted by molar-refractivity contribution is 5.81. The number of ether oxygens (including phenoxy) is 1. The molecule has 0 N–H and O–H groups in total. The average molecular weight is 293 g/mol. The second-order valence-electron chi connectivity index (χ2n) is 6.02. The molecule has 1 amide bonds. The Hall–Kier alpha value is -1.40. The van der Waals surface area contributed by atoms with Crippen molar-refractivity contribution >= 4 is 5.91 Å². The molecule has 116 valence electrons. The van der Waals surface area contributed by atoms with E-state index in [2.05, 4.69) is 10.1 Å². The second kappa shape index (κ2) is 6.15. The van der Waals surface area contributed by atoms with Gasteiger partial charge in [-0.1, -0.05) is 5.16 Å². The number of hydrogen-bond acceptors (Lipinski definition) is 5.